The molecule has 0 spiro atoms. The third-order valence-corrected chi connectivity index (χ3v) is 3.52. The Hall–Kier alpha value is -1.45. The zero-order valence-electron chi connectivity index (χ0n) is 10.7. The molecule has 2 aromatic rings. The van der Waals surface area contributed by atoms with E-state index in [-0.39, 0.29) is 16.7 Å². The van der Waals surface area contributed by atoms with Crippen molar-refractivity contribution >= 4 is 11.6 Å². The lowest BCUT2D eigenvalue weighted by Crippen LogP contribution is -2.14. The number of benzene rings is 2. The second kappa shape index (κ2) is 5.27. The minimum Gasteiger partial charge on any atom is -0.320 e. The maximum atomic E-state index is 13.4. The predicted octanol–water partition coefficient (Wildman–Crippen LogP) is 4.28. The van der Waals surface area contributed by atoms with E-state index in [0.717, 1.165) is 5.56 Å². The fourth-order valence-corrected chi connectivity index (χ4v) is 2.30. The largest absolute Gasteiger partial charge is 0.320 e. The third kappa shape index (κ3) is 2.77. The van der Waals surface area contributed by atoms with Gasteiger partial charge in [-0.15, -0.1) is 0 Å². The van der Waals surface area contributed by atoms with E-state index in [1.54, 1.807) is 19.1 Å². The van der Waals surface area contributed by atoms with E-state index in [4.69, 9.17) is 17.3 Å². The van der Waals surface area contributed by atoms with Crippen LogP contribution in [0.15, 0.2) is 30.3 Å². The van der Waals surface area contributed by atoms with Crippen LogP contribution in [0.25, 0.3) is 0 Å². The molecular weight excluding hydrogens is 268 g/mol. The second-order valence-corrected chi connectivity index (χ2v) is 5.01. The first kappa shape index (κ1) is 14.0. The van der Waals surface area contributed by atoms with Gasteiger partial charge < -0.3 is 5.73 Å². The lowest BCUT2D eigenvalue weighted by Gasteiger charge is -2.17. The normalized spacial score (nSPS) is 12.5. The monoisotopic (exact) mass is 281 g/mol. The maximum Gasteiger partial charge on any atom is 0.127 e. The van der Waals surface area contributed by atoms with Crippen molar-refractivity contribution in [3.63, 3.8) is 0 Å². The molecule has 0 bridgehead atoms. The molecule has 1 nitrogen and oxygen atoms in total. The molecular formula is C15H14ClF2N. The standard InChI is InChI=1S/C15H14ClF2N/c1-8-3-4-10(17)6-11(8)15(19)12-5-9(2)14(18)7-13(12)16/h3-7,15H,19H2,1-2H3. The molecule has 100 valence electrons. The Morgan fingerprint density at radius 1 is 1.00 bits per heavy atom. The van der Waals surface area contributed by atoms with Crippen molar-refractivity contribution in [2.24, 2.45) is 5.73 Å². The van der Waals surface area contributed by atoms with E-state index in [2.05, 4.69) is 0 Å². The Bertz CT molecular complexity index is 626. The number of nitrogens with two attached hydrogens (primary N) is 1. The molecule has 2 aromatic carbocycles. The molecule has 0 aliphatic rings. The fourth-order valence-electron chi connectivity index (χ4n) is 2.03. The number of hydrogen-bond donors (Lipinski definition) is 1. The minimum absolute atomic E-state index is 0.249. The van der Waals surface area contributed by atoms with Gasteiger partial charge in [0.2, 0.25) is 0 Å². The second-order valence-electron chi connectivity index (χ2n) is 4.60. The SMILES string of the molecule is Cc1cc(C(N)c2cc(F)ccc2C)c(Cl)cc1F. The average molecular weight is 282 g/mol. The molecule has 0 heterocycles. The van der Waals surface area contributed by atoms with Crippen LogP contribution in [0.2, 0.25) is 5.02 Å². The van der Waals surface area contributed by atoms with Gasteiger partial charge >= 0.3 is 0 Å². The maximum absolute atomic E-state index is 13.4. The molecule has 2 N–H and O–H groups in total. The van der Waals surface area contributed by atoms with Crippen LogP contribution in [-0.4, -0.2) is 0 Å². The predicted molar refractivity (Wildman–Crippen MR) is 73.3 cm³/mol. The van der Waals surface area contributed by atoms with Gasteiger partial charge in [-0.1, -0.05) is 17.7 Å². The van der Waals surface area contributed by atoms with Crippen molar-refractivity contribution < 1.29 is 8.78 Å². The molecule has 2 rings (SSSR count). The van der Waals surface area contributed by atoms with Crippen LogP contribution < -0.4 is 5.73 Å². The van der Waals surface area contributed by atoms with Crippen LogP contribution in [-0.2, 0) is 0 Å². The van der Waals surface area contributed by atoms with E-state index >= 15 is 0 Å². The van der Waals surface area contributed by atoms with Crippen molar-refractivity contribution in [1.29, 1.82) is 0 Å². The molecule has 1 unspecified atom stereocenters. The molecule has 0 saturated heterocycles. The smallest absolute Gasteiger partial charge is 0.127 e. The van der Waals surface area contributed by atoms with Gasteiger partial charge in [0.1, 0.15) is 11.6 Å². The molecule has 0 aromatic heterocycles. The number of hydrogen-bond acceptors (Lipinski definition) is 1. The van der Waals surface area contributed by atoms with E-state index in [0.29, 0.717) is 16.7 Å². The van der Waals surface area contributed by atoms with Gasteiger partial charge in [0, 0.05) is 5.02 Å². The molecule has 4 heteroatoms. The topological polar surface area (TPSA) is 26.0 Å². The molecule has 19 heavy (non-hydrogen) atoms. The van der Waals surface area contributed by atoms with Crippen LogP contribution in [0.1, 0.15) is 28.3 Å². The van der Waals surface area contributed by atoms with Gasteiger partial charge in [-0.05, 0) is 60.4 Å². The van der Waals surface area contributed by atoms with Crippen molar-refractivity contribution in [2.75, 3.05) is 0 Å². The summed E-state index contributed by atoms with van der Waals surface area (Å²) in [6.07, 6.45) is 0. The zero-order valence-corrected chi connectivity index (χ0v) is 11.4. The Balaban J connectivity index is 2.52. The van der Waals surface area contributed by atoms with Gasteiger partial charge in [0.15, 0.2) is 0 Å². The van der Waals surface area contributed by atoms with E-state index in [9.17, 15) is 8.78 Å². The quantitative estimate of drug-likeness (QED) is 0.873. The summed E-state index contributed by atoms with van der Waals surface area (Å²) in [4.78, 5) is 0. The number of rotatable bonds is 2. The highest BCUT2D eigenvalue weighted by Gasteiger charge is 2.17. The highest BCUT2D eigenvalue weighted by molar-refractivity contribution is 6.31. The van der Waals surface area contributed by atoms with E-state index in [1.807, 2.05) is 6.92 Å². The first-order valence-electron chi connectivity index (χ1n) is 5.87. The van der Waals surface area contributed by atoms with Crippen molar-refractivity contribution in [1.82, 2.24) is 0 Å². The summed E-state index contributed by atoms with van der Waals surface area (Å²) in [5.41, 5.74) is 8.70. The Labute approximate surface area is 116 Å². The van der Waals surface area contributed by atoms with E-state index < -0.39 is 6.04 Å². The lowest BCUT2D eigenvalue weighted by molar-refractivity contribution is 0.615. The fraction of sp³-hybridized carbons (Fsp3) is 0.200. The third-order valence-electron chi connectivity index (χ3n) is 3.19. The van der Waals surface area contributed by atoms with Gasteiger partial charge in [0.25, 0.3) is 0 Å². The van der Waals surface area contributed by atoms with E-state index in [1.165, 1.54) is 18.2 Å². The summed E-state index contributed by atoms with van der Waals surface area (Å²) < 4.78 is 26.7. The molecule has 0 saturated carbocycles. The molecule has 1 atom stereocenters. The van der Waals surface area contributed by atoms with Gasteiger partial charge in [-0.2, -0.15) is 0 Å². The van der Waals surface area contributed by atoms with Crippen molar-refractivity contribution in [3.8, 4) is 0 Å². The highest BCUT2D eigenvalue weighted by atomic mass is 35.5. The lowest BCUT2D eigenvalue weighted by atomic mass is 9.94. The summed E-state index contributed by atoms with van der Waals surface area (Å²) in [6, 6.07) is 6.68. The summed E-state index contributed by atoms with van der Waals surface area (Å²) in [5.74, 6) is -0.733. The molecule has 0 fully saturated rings. The summed E-state index contributed by atoms with van der Waals surface area (Å²) >= 11 is 6.02. The summed E-state index contributed by atoms with van der Waals surface area (Å²) in [7, 11) is 0. The minimum atomic E-state index is -0.581. The molecule has 0 aliphatic carbocycles. The van der Waals surface area contributed by atoms with Crippen LogP contribution in [0.5, 0.6) is 0 Å². The molecule has 0 radical (unpaired) electrons. The van der Waals surface area contributed by atoms with Crippen LogP contribution >= 0.6 is 11.6 Å². The molecule has 0 amide bonds. The number of aryl methyl sites for hydroxylation is 2. The van der Waals surface area contributed by atoms with Gasteiger partial charge in [-0.25, -0.2) is 8.78 Å². The highest BCUT2D eigenvalue weighted by Crippen LogP contribution is 2.30. The van der Waals surface area contributed by atoms with Crippen LogP contribution in [0, 0.1) is 25.5 Å². The summed E-state index contributed by atoms with van der Waals surface area (Å²) in [6.45, 7) is 3.49. The summed E-state index contributed by atoms with van der Waals surface area (Å²) in [5, 5.41) is 0.249. The van der Waals surface area contributed by atoms with Crippen molar-refractivity contribution in [3.05, 3.63) is 69.2 Å². The average Bonchev–Trinajstić information content (AvgIpc) is 2.36. The first-order valence-corrected chi connectivity index (χ1v) is 6.25. The Kier molecular flexibility index (Phi) is 3.88. The van der Waals surface area contributed by atoms with Gasteiger partial charge in [-0.3, -0.25) is 0 Å². The molecule has 0 aliphatic heterocycles. The van der Waals surface area contributed by atoms with Crippen LogP contribution in [0.3, 0.4) is 0 Å². The number of halogens is 3. The Morgan fingerprint density at radius 2 is 1.68 bits per heavy atom. The van der Waals surface area contributed by atoms with Crippen molar-refractivity contribution in [2.45, 2.75) is 19.9 Å². The first-order chi connectivity index (χ1) is 8.90. The van der Waals surface area contributed by atoms with Gasteiger partial charge in [0.05, 0.1) is 6.04 Å². The Morgan fingerprint density at radius 3 is 2.37 bits per heavy atom. The zero-order chi connectivity index (χ0) is 14.2. The van der Waals surface area contributed by atoms with Crippen LogP contribution in [0.4, 0.5) is 8.78 Å².